The van der Waals surface area contributed by atoms with Crippen LogP contribution in [0.2, 0.25) is 0 Å². The van der Waals surface area contributed by atoms with Gasteiger partial charge in [0.05, 0.1) is 6.61 Å². The monoisotopic (exact) mass is 242 g/mol. The van der Waals surface area contributed by atoms with Gasteiger partial charge in [-0.3, -0.25) is 4.79 Å². The van der Waals surface area contributed by atoms with Crippen LogP contribution in [0.15, 0.2) is 0 Å². The van der Waals surface area contributed by atoms with Crippen molar-refractivity contribution in [2.75, 3.05) is 13.2 Å². The van der Waals surface area contributed by atoms with E-state index < -0.39 is 0 Å². The number of carbonyl (C=O) groups excluding carboxylic acids is 1. The maximum absolute atomic E-state index is 11.8. The number of nitrogens with one attached hydrogen (secondary N) is 1. The standard InChI is InChI=1S/C13H26N2O2/c1-10(2)15(11(3)17)13-7-5-4-6-12(13)14-8-9-16/h10,12-14,16H,4-9H2,1-3H3/t12-,13-/m0/s1. The summed E-state index contributed by atoms with van der Waals surface area (Å²) in [5.41, 5.74) is 0. The van der Waals surface area contributed by atoms with E-state index in [0.29, 0.717) is 12.6 Å². The molecule has 0 radical (unpaired) electrons. The van der Waals surface area contributed by atoms with Gasteiger partial charge in [-0.2, -0.15) is 0 Å². The van der Waals surface area contributed by atoms with Crippen molar-refractivity contribution in [3.05, 3.63) is 0 Å². The summed E-state index contributed by atoms with van der Waals surface area (Å²) >= 11 is 0. The molecule has 1 aliphatic rings. The van der Waals surface area contributed by atoms with Gasteiger partial charge in [-0.15, -0.1) is 0 Å². The summed E-state index contributed by atoms with van der Waals surface area (Å²) in [6, 6.07) is 0.865. The number of aliphatic hydroxyl groups excluding tert-OH is 1. The highest BCUT2D eigenvalue weighted by molar-refractivity contribution is 5.74. The lowest BCUT2D eigenvalue weighted by Gasteiger charge is -2.42. The third kappa shape index (κ3) is 3.96. The van der Waals surface area contributed by atoms with E-state index in [2.05, 4.69) is 19.2 Å². The van der Waals surface area contributed by atoms with Gasteiger partial charge in [0.25, 0.3) is 0 Å². The summed E-state index contributed by atoms with van der Waals surface area (Å²) in [5.74, 6) is 0.155. The fourth-order valence-electron chi connectivity index (χ4n) is 2.91. The van der Waals surface area contributed by atoms with E-state index >= 15 is 0 Å². The SMILES string of the molecule is CC(=O)N(C(C)C)[C@H]1CCCC[C@@H]1NCCO. The third-order valence-electron chi connectivity index (χ3n) is 3.53. The number of nitrogens with zero attached hydrogens (tertiary/aromatic N) is 1. The molecule has 0 aromatic carbocycles. The third-order valence-corrected chi connectivity index (χ3v) is 3.53. The molecule has 0 aromatic rings. The molecule has 2 atom stereocenters. The molecule has 0 bridgehead atoms. The molecule has 1 fully saturated rings. The van der Waals surface area contributed by atoms with Crippen molar-refractivity contribution < 1.29 is 9.90 Å². The molecule has 1 aliphatic carbocycles. The summed E-state index contributed by atoms with van der Waals surface area (Å²) < 4.78 is 0. The number of hydrogen-bond acceptors (Lipinski definition) is 3. The molecule has 1 rings (SSSR count). The first kappa shape index (κ1) is 14.5. The second-order valence-corrected chi connectivity index (χ2v) is 5.16. The number of amides is 1. The van der Waals surface area contributed by atoms with Crippen molar-refractivity contribution in [2.24, 2.45) is 0 Å². The first-order chi connectivity index (χ1) is 8.07. The lowest BCUT2D eigenvalue weighted by atomic mass is 9.88. The Hall–Kier alpha value is -0.610. The Bertz CT molecular complexity index is 244. The van der Waals surface area contributed by atoms with Crippen molar-refractivity contribution in [1.29, 1.82) is 0 Å². The molecule has 1 amide bonds. The zero-order chi connectivity index (χ0) is 12.8. The summed E-state index contributed by atoms with van der Waals surface area (Å²) in [6.45, 7) is 6.56. The zero-order valence-corrected chi connectivity index (χ0v) is 11.3. The Labute approximate surface area is 104 Å². The van der Waals surface area contributed by atoms with Crippen LogP contribution in [0, 0.1) is 0 Å². The predicted octanol–water partition coefficient (Wildman–Crippen LogP) is 1.14. The summed E-state index contributed by atoms with van der Waals surface area (Å²) in [6.07, 6.45) is 4.57. The fourth-order valence-corrected chi connectivity index (χ4v) is 2.91. The van der Waals surface area contributed by atoms with Gasteiger partial charge >= 0.3 is 0 Å². The predicted molar refractivity (Wildman–Crippen MR) is 68.8 cm³/mol. The number of hydrogen-bond donors (Lipinski definition) is 2. The van der Waals surface area contributed by atoms with E-state index in [-0.39, 0.29) is 24.6 Å². The van der Waals surface area contributed by atoms with E-state index in [1.54, 1.807) is 6.92 Å². The van der Waals surface area contributed by atoms with Crippen molar-refractivity contribution in [3.63, 3.8) is 0 Å². The van der Waals surface area contributed by atoms with Crippen LogP contribution in [0.1, 0.15) is 46.5 Å². The molecule has 0 spiro atoms. The van der Waals surface area contributed by atoms with E-state index in [9.17, 15) is 4.79 Å². The molecule has 17 heavy (non-hydrogen) atoms. The lowest BCUT2D eigenvalue weighted by Crippen LogP contribution is -2.55. The van der Waals surface area contributed by atoms with Gasteiger partial charge in [0, 0.05) is 31.6 Å². The van der Waals surface area contributed by atoms with Crippen LogP contribution in [0.3, 0.4) is 0 Å². The number of carbonyl (C=O) groups is 1. The molecule has 0 aromatic heterocycles. The molecule has 0 aliphatic heterocycles. The minimum atomic E-state index is 0.155. The van der Waals surface area contributed by atoms with Gasteiger partial charge in [0.15, 0.2) is 0 Å². The summed E-state index contributed by atoms with van der Waals surface area (Å²) in [5, 5.41) is 12.3. The smallest absolute Gasteiger partial charge is 0.219 e. The highest BCUT2D eigenvalue weighted by Gasteiger charge is 2.32. The van der Waals surface area contributed by atoms with Crippen molar-refractivity contribution >= 4 is 5.91 Å². The summed E-state index contributed by atoms with van der Waals surface area (Å²) in [7, 11) is 0. The number of aliphatic hydroxyl groups is 1. The van der Waals surface area contributed by atoms with Crippen molar-refractivity contribution in [1.82, 2.24) is 10.2 Å². The van der Waals surface area contributed by atoms with Gasteiger partial charge < -0.3 is 15.3 Å². The average Bonchev–Trinajstić information content (AvgIpc) is 2.27. The van der Waals surface area contributed by atoms with Crippen LogP contribution in [0.5, 0.6) is 0 Å². The largest absolute Gasteiger partial charge is 0.395 e. The van der Waals surface area contributed by atoms with Crippen molar-refractivity contribution in [2.45, 2.75) is 64.6 Å². The van der Waals surface area contributed by atoms with E-state index in [1.807, 2.05) is 4.90 Å². The zero-order valence-electron chi connectivity index (χ0n) is 11.3. The van der Waals surface area contributed by atoms with Gasteiger partial charge in [0.1, 0.15) is 0 Å². The van der Waals surface area contributed by atoms with Gasteiger partial charge in [0.2, 0.25) is 5.91 Å². The Morgan fingerprint density at radius 3 is 2.59 bits per heavy atom. The van der Waals surface area contributed by atoms with Crippen LogP contribution < -0.4 is 5.32 Å². The normalized spacial score (nSPS) is 25.0. The van der Waals surface area contributed by atoms with E-state index in [1.165, 1.54) is 12.8 Å². The first-order valence-corrected chi connectivity index (χ1v) is 6.71. The highest BCUT2D eigenvalue weighted by Crippen LogP contribution is 2.25. The molecular formula is C13H26N2O2. The maximum Gasteiger partial charge on any atom is 0.219 e. The molecule has 2 N–H and O–H groups in total. The fraction of sp³-hybridized carbons (Fsp3) is 0.923. The maximum atomic E-state index is 11.8. The van der Waals surface area contributed by atoms with Crippen LogP contribution in [-0.4, -0.2) is 47.2 Å². The molecule has 4 nitrogen and oxygen atoms in total. The second-order valence-electron chi connectivity index (χ2n) is 5.16. The number of rotatable bonds is 5. The molecule has 0 unspecified atom stereocenters. The van der Waals surface area contributed by atoms with Crippen LogP contribution in [0.25, 0.3) is 0 Å². The van der Waals surface area contributed by atoms with Gasteiger partial charge in [-0.1, -0.05) is 12.8 Å². The topological polar surface area (TPSA) is 52.6 Å². The Kier molecular flexibility index (Phi) is 5.92. The van der Waals surface area contributed by atoms with E-state index in [0.717, 1.165) is 12.8 Å². The average molecular weight is 242 g/mol. The van der Waals surface area contributed by atoms with Gasteiger partial charge in [-0.25, -0.2) is 0 Å². The Balaban J connectivity index is 2.70. The Morgan fingerprint density at radius 1 is 1.41 bits per heavy atom. The molecular weight excluding hydrogens is 216 g/mol. The first-order valence-electron chi connectivity index (χ1n) is 6.71. The summed E-state index contributed by atoms with van der Waals surface area (Å²) in [4.78, 5) is 13.7. The molecule has 100 valence electrons. The van der Waals surface area contributed by atoms with Crippen molar-refractivity contribution in [3.8, 4) is 0 Å². The molecule has 4 heteroatoms. The van der Waals surface area contributed by atoms with Gasteiger partial charge in [-0.05, 0) is 26.7 Å². The molecule has 1 saturated carbocycles. The Morgan fingerprint density at radius 2 is 2.06 bits per heavy atom. The van der Waals surface area contributed by atoms with Crippen LogP contribution >= 0.6 is 0 Å². The molecule has 0 heterocycles. The van der Waals surface area contributed by atoms with Crippen LogP contribution in [0.4, 0.5) is 0 Å². The molecule has 0 saturated heterocycles. The minimum absolute atomic E-state index is 0.155. The van der Waals surface area contributed by atoms with Crippen LogP contribution in [-0.2, 0) is 4.79 Å². The lowest BCUT2D eigenvalue weighted by molar-refractivity contribution is -0.134. The minimum Gasteiger partial charge on any atom is -0.395 e. The highest BCUT2D eigenvalue weighted by atomic mass is 16.3. The second kappa shape index (κ2) is 6.97. The quantitative estimate of drug-likeness (QED) is 0.760. The van der Waals surface area contributed by atoms with E-state index in [4.69, 9.17) is 5.11 Å².